The first-order valence-corrected chi connectivity index (χ1v) is 9.12. The van der Waals surface area contributed by atoms with Gasteiger partial charge in [-0.05, 0) is 57.1 Å². The predicted octanol–water partition coefficient (Wildman–Crippen LogP) is 4.95. The van der Waals surface area contributed by atoms with Crippen molar-refractivity contribution in [2.24, 2.45) is 11.8 Å². The van der Waals surface area contributed by atoms with Crippen molar-refractivity contribution in [1.82, 2.24) is 5.32 Å². The maximum absolute atomic E-state index is 11.8. The molecule has 0 saturated heterocycles. The molecule has 24 heavy (non-hydrogen) atoms. The van der Waals surface area contributed by atoms with Crippen LogP contribution in [0.3, 0.4) is 0 Å². The van der Waals surface area contributed by atoms with Gasteiger partial charge >= 0.3 is 6.09 Å². The Bertz CT molecular complexity index is 537. The van der Waals surface area contributed by atoms with Gasteiger partial charge in [-0.25, -0.2) is 4.79 Å². The summed E-state index contributed by atoms with van der Waals surface area (Å²) in [5, 5.41) is 6.42. The normalized spacial score (nSPS) is 21.2. The van der Waals surface area contributed by atoms with Gasteiger partial charge in [0, 0.05) is 18.8 Å². The Kier molecular flexibility index (Phi) is 6.52. The average molecular weight is 332 g/mol. The zero-order valence-corrected chi connectivity index (χ0v) is 15.5. The molecule has 0 bridgehead atoms. The number of hydrogen-bond donors (Lipinski definition) is 2. The number of para-hydroxylation sites is 1. The first-order chi connectivity index (χ1) is 11.3. The van der Waals surface area contributed by atoms with Crippen LogP contribution in [0.4, 0.5) is 10.5 Å². The highest BCUT2D eigenvalue weighted by atomic mass is 16.6. The van der Waals surface area contributed by atoms with E-state index >= 15 is 0 Å². The SMILES string of the molecule is CC1CCCC(CNc2ccccc2CNC(=O)OC(C)(C)C)C1. The highest BCUT2D eigenvalue weighted by molar-refractivity contribution is 5.68. The summed E-state index contributed by atoms with van der Waals surface area (Å²) in [4.78, 5) is 11.8. The molecule has 0 aliphatic heterocycles. The molecule has 1 amide bonds. The molecule has 0 spiro atoms. The molecule has 0 aromatic heterocycles. The molecule has 2 unspecified atom stereocenters. The number of carbonyl (C=O) groups excluding carboxylic acids is 1. The third-order valence-electron chi connectivity index (χ3n) is 4.47. The van der Waals surface area contributed by atoms with Gasteiger partial charge in [-0.2, -0.15) is 0 Å². The number of nitrogens with one attached hydrogen (secondary N) is 2. The summed E-state index contributed by atoms with van der Waals surface area (Å²) in [5.74, 6) is 1.59. The van der Waals surface area contributed by atoms with Crippen LogP contribution in [-0.4, -0.2) is 18.2 Å². The van der Waals surface area contributed by atoms with Gasteiger partial charge in [0.2, 0.25) is 0 Å². The van der Waals surface area contributed by atoms with Gasteiger partial charge in [0.1, 0.15) is 5.60 Å². The van der Waals surface area contributed by atoms with Crippen molar-refractivity contribution >= 4 is 11.8 Å². The first-order valence-electron chi connectivity index (χ1n) is 9.12. The Labute approximate surface area is 146 Å². The van der Waals surface area contributed by atoms with E-state index in [-0.39, 0.29) is 6.09 Å². The quantitative estimate of drug-likeness (QED) is 0.802. The molecule has 2 atom stereocenters. The predicted molar refractivity (Wildman–Crippen MR) is 99.1 cm³/mol. The molecule has 134 valence electrons. The van der Waals surface area contributed by atoms with E-state index in [2.05, 4.69) is 23.6 Å². The van der Waals surface area contributed by atoms with Gasteiger partial charge in [0.25, 0.3) is 0 Å². The minimum atomic E-state index is -0.473. The van der Waals surface area contributed by atoms with E-state index in [1.165, 1.54) is 25.7 Å². The topological polar surface area (TPSA) is 50.4 Å². The minimum absolute atomic E-state index is 0.376. The number of amides is 1. The fraction of sp³-hybridized carbons (Fsp3) is 0.650. The van der Waals surface area contributed by atoms with E-state index in [1.54, 1.807) is 0 Å². The van der Waals surface area contributed by atoms with E-state index in [0.29, 0.717) is 6.54 Å². The fourth-order valence-corrected chi connectivity index (χ4v) is 3.33. The molecular weight excluding hydrogens is 300 g/mol. The zero-order valence-electron chi connectivity index (χ0n) is 15.5. The van der Waals surface area contributed by atoms with Crippen LogP contribution in [0.25, 0.3) is 0 Å². The second kappa shape index (κ2) is 8.41. The maximum atomic E-state index is 11.8. The molecule has 0 radical (unpaired) electrons. The van der Waals surface area contributed by atoms with Crippen molar-refractivity contribution in [3.63, 3.8) is 0 Å². The highest BCUT2D eigenvalue weighted by Crippen LogP contribution is 2.29. The van der Waals surface area contributed by atoms with Gasteiger partial charge in [-0.1, -0.05) is 38.0 Å². The lowest BCUT2D eigenvalue weighted by atomic mass is 9.82. The Hall–Kier alpha value is -1.71. The fourth-order valence-electron chi connectivity index (χ4n) is 3.33. The zero-order chi connectivity index (χ0) is 17.6. The van der Waals surface area contributed by atoms with Crippen molar-refractivity contribution in [2.75, 3.05) is 11.9 Å². The molecule has 4 nitrogen and oxygen atoms in total. The number of benzene rings is 1. The first kappa shape index (κ1) is 18.6. The molecular formula is C20H32N2O2. The molecule has 0 heterocycles. The molecule has 1 aliphatic carbocycles. The molecule has 2 rings (SSSR count). The molecule has 1 aromatic rings. The monoisotopic (exact) mass is 332 g/mol. The van der Waals surface area contributed by atoms with Crippen molar-refractivity contribution in [2.45, 2.75) is 65.5 Å². The molecule has 2 N–H and O–H groups in total. The van der Waals surface area contributed by atoms with E-state index in [0.717, 1.165) is 29.6 Å². The Morgan fingerprint density at radius 1 is 1.25 bits per heavy atom. The van der Waals surface area contributed by atoms with Gasteiger partial charge in [0.05, 0.1) is 0 Å². The molecule has 4 heteroatoms. The molecule has 1 fully saturated rings. The number of hydrogen-bond acceptors (Lipinski definition) is 3. The van der Waals surface area contributed by atoms with Crippen LogP contribution >= 0.6 is 0 Å². The second-order valence-electron chi connectivity index (χ2n) is 8.03. The summed E-state index contributed by atoms with van der Waals surface area (Å²) in [6.45, 7) is 9.44. The second-order valence-corrected chi connectivity index (χ2v) is 8.03. The lowest BCUT2D eigenvalue weighted by Gasteiger charge is -2.27. The van der Waals surface area contributed by atoms with Gasteiger partial charge in [-0.3, -0.25) is 0 Å². The van der Waals surface area contributed by atoms with E-state index in [9.17, 15) is 4.79 Å². The van der Waals surface area contributed by atoms with Gasteiger partial charge in [-0.15, -0.1) is 0 Å². The summed E-state index contributed by atoms with van der Waals surface area (Å²) < 4.78 is 5.30. The Balaban J connectivity index is 1.86. The number of alkyl carbamates (subject to hydrolysis) is 1. The highest BCUT2D eigenvalue weighted by Gasteiger charge is 2.19. The van der Waals surface area contributed by atoms with Crippen LogP contribution in [0.5, 0.6) is 0 Å². The van der Waals surface area contributed by atoms with Gasteiger partial charge < -0.3 is 15.4 Å². The van der Waals surface area contributed by atoms with E-state index < -0.39 is 5.60 Å². The summed E-state index contributed by atoms with van der Waals surface area (Å²) in [6.07, 6.45) is 4.96. The van der Waals surface area contributed by atoms with Gasteiger partial charge in [0.15, 0.2) is 0 Å². The Morgan fingerprint density at radius 2 is 2.00 bits per heavy atom. The lowest BCUT2D eigenvalue weighted by Crippen LogP contribution is -2.32. The van der Waals surface area contributed by atoms with Crippen LogP contribution in [0.15, 0.2) is 24.3 Å². The third-order valence-corrected chi connectivity index (χ3v) is 4.47. The van der Waals surface area contributed by atoms with Crippen LogP contribution < -0.4 is 10.6 Å². The number of anilines is 1. The molecule has 1 aliphatic rings. The van der Waals surface area contributed by atoms with Crippen LogP contribution in [0.1, 0.15) is 58.9 Å². The third kappa shape index (κ3) is 6.42. The summed E-state index contributed by atoms with van der Waals surface area (Å²) in [5.41, 5.74) is 1.72. The maximum Gasteiger partial charge on any atom is 0.407 e. The standard InChI is InChI=1S/C20H32N2O2/c1-15-8-7-9-16(12-15)13-21-18-11-6-5-10-17(18)14-22-19(23)24-20(2,3)4/h5-6,10-11,15-16,21H,7-9,12-14H2,1-4H3,(H,22,23). The van der Waals surface area contributed by atoms with Crippen molar-refractivity contribution in [3.05, 3.63) is 29.8 Å². The van der Waals surface area contributed by atoms with Crippen LogP contribution in [0, 0.1) is 11.8 Å². The number of carbonyl (C=O) groups is 1. The minimum Gasteiger partial charge on any atom is -0.444 e. The summed E-state index contributed by atoms with van der Waals surface area (Å²) in [6, 6.07) is 8.16. The van der Waals surface area contributed by atoms with Crippen molar-refractivity contribution < 1.29 is 9.53 Å². The average Bonchev–Trinajstić information content (AvgIpc) is 2.50. The summed E-state index contributed by atoms with van der Waals surface area (Å²) in [7, 11) is 0. The van der Waals surface area contributed by atoms with Crippen LogP contribution in [-0.2, 0) is 11.3 Å². The van der Waals surface area contributed by atoms with Crippen molar-refractivity contribution in [1.29, 1.82) is 0 Å². The Morgan fingerprint density at radius 3 is 2.71 bits per heavy atom. The van der Waals surface area contributed by atoms with E-state index in [4.69, 9.17) is 4.74 Å². The number of ether oxygens (including phenoxy) is 1. The molecule has 1 saturated carbocycles. The lowest BCUT2D eigenvalue weighted by molar-refractivity contribution is 0.0523. The smallest absolute Gasteiger partial charge is 0.407 e. The van der Waals surface area contributed by atoms with E-state index in [1.807, 2.05) is 39.0 Å². The largest absolute Gasteiger partial charge is 0.444 e. The van der Waals surface area contributed by atoms with Crippen LogP contribution in [0.2, 0.25) is 0 Å². The number of rotatable bonds is 5. The van der Waals surface area contributed by atoms with Crippen molar-refractivity contribution in [3.8, 4) is 0 Å². The summed E-state index contributed by atoms with van der Waals surface area (Å²) >= 11 is 0. The molecule has 1 aromatic carbocycles.